The van der Waals surface area contributed by atoms with Crippen LogP contribution < -0.4 is 10.2 Å². The van der Waals surface area contributed by atoms with Gasteiger partial charge < -0.3 is 5.32 Å². The first kappa shape index (κ1) is 19.8. The van der Waals surface area contributed by atoms with Crippen molar-refractivity contribution in [2.24, 2.45) is 0 Å². The Morgan fingerprint density at radius 1 is 1.03 bits per heavy atom. The van der Waals surface area contributed by atoms with Crippen LogP contribution in [0.15, 0.2) is 36.4 Å². The molecule has 29 heavy (non-hydrogen) atoms. The summed E-state index contributed by atoms with van der Waals surface area (Å²) in [5, 5.41) is 2.83. The Labute approximate surface area is 168 Å². The number of amides is 2. The molecule has 2 aliphatic rings. The summed E-state index contributed by atoms with van der Waals surface area (Å²) in [6, 6.07) is 8.01. The number of nitrogens with one attached hydrogen (secondary N) is 1. The maximum Gasteiger partial charge on any atom is 0.321 e. The van der Waals surface area contributed by atoms with Crippen LogP contribution in [0, 0.1) is 17.5 Å². The third kappa shape index (κ3) is 3.83. The second kappa shape index (κ2) is 7.71. The second-order valence-electron chi connectivity index (χ2n) is 7.92. The van der Waals surface area contributed by atoms with Gasteiger partial charge in [0.25, 0.3) is 0 Å². The molecule has 0 unspecified atom stereocenters. The van der Waals surface area contributed by atoms with Gasteiger partial charge in [0.15, 0.2) is 0 Å². The van der Waals surface area contributed by atoms with E-state index in [4.69, 9.17) is 0 Å². The van der Waals surface area contributed by atoms with E-state index in [1.807, 2.05) is 6.92 Å². The van der Waals surface area contributed by atoms with E-state index in [1.165, 1.54) is 18.2 Å². The van der Waals surface area contributed by atoms with Gasteiger partial charge in [0.05, 0.1) is 0 Å². The van der Waals surface area contributed by atoms with Crippen LogP contribution in [-0.2, 0) is 12.0 Å². The molecule has 1 saturated heterocycles. The number of piperidine rings is 1. The van der Waals surface area contributed by atoms with Crippen molar-refractivity contribution in [3.63, 3.8) is 0 Å². The zero-order valence-corrected chi connectivity index (χ0v) is 16.4. The molecule has 0 radical (unpaired) electrons. The number of benzene rings is 2. The molecule has 0 aromatic heterocycles. The van der Waals surface area contributed by atoms with Gasteiger partial charge in [0.2, 0.25) is 0 Å². The van der Waals surface area contributed by atoms with Crippen molar-refractivity contribution in [1.82, 2.24) is 10.2 Å². The summed E-state index contributed by atoms with van der Waals surface area (Å²) in [6.45, 7) is 4.77. The lowest BCUT2D eigenvalue weighted by Crippen LogP contribution is -2.47. The van der Waals surface area contributed by atoms with E-state index in [1.54, 1.807) is 17.0 Å². The first-order chi connectivity index (χ1) is 13.9. The molecular formula is C22H24F3N3O. The highest BCUT2D eigenvalue weighted by Gasteiger charge is 2.46. The molecule has 2 heterocycles. The summed E-state index contributed by atoms with van der Waals surface area (Å²) in [6.07, 6.45) is 1.49. The molecule has 2 aromatic rings. The number of hydrogen-bond donors (Lipinski definition) is 1. The Kier molecular flexibility index (Phi) is 5.25. The van der Waals surface area contributed by atoms with Crippen LogP contribution in [0.4, 0.5) is 23.7 Å². The fraction of sp³-hybridized carbons (Fsp3) is 0.409. The van der Waals surface area contributed by atoms with Crippen molar-refractivity contribution in [3.05, 3.63) is 65.0 Å². The predicted molar refractivity (Wildman–Crippen MR) is 105 cm³/mol. The highest BCUT2D eigenvalue weighted by molar-refractivity contribution is 5.95. The number of carbonyl (C=O) groups excluding carboxylic acids is 1. The van der Waals surface area contributed by atoms with Crippen molar-refractivity contribution in [1.29, 1.82) is 0 Å². The summed E-state index contributed by atoms with van der Waals surface area (Å²) < 4.78 is 41.0. The molecule has 0 atom stereocenters. The first-order valence-electron chi connectivity index (χ1n) is 9.93. The summed E-state index contributed by atoms with van der Waals surface area (Å²) in [5.74, 6) is -1.46. The van der Waals surface area contributed by atoms with Crippen molar-refractivity contribution in [2.45, 2.75) is 31.7 Å². The highest BCUT2D eigenvalue weighted by atomic mass is 19.1. The smallest absolute Gasteiger partial charge is 0.321 e. The number of hydrogen-bond acceptors (Lipinski definition) is 2. The van der Waals surface area contributed by atoms with Gasteiger partial charge in [-0.15, -0.1) is 0 Å². The lowest BCUT2D eigenvalue weighted by atomic mass is 9.74. The van der Waals surface area contributed by atoms with Gasteiger partial charge in [-0.05, 0) is 74.3 Å². The van der Waals surface area contributed by atoms with E-state index in [-0.39, 0.29) is 17.3 Å². The number of carbonyl (C=O) groups is 1. The summed E-state index contributed by atoms with van der Waals surface area (Å²) in [5.41, 5.74) is 1.94. The molecule has 154 valence electrons. The van der Waals surface area contributed by atoms with Crippen LogP contribution in [0.3, 0.4) is 0 Å². The number of urea groups is 1. The summed E-state index contributed by atoms with van der Waals surface area (Å²) in [4.78, 5) is 16.4. The van der Waals surface area contributed by atoms with Gasteiger partial charge in [-0.25, -0.2) is 18.0 Å². The van der Waals surface area contributed by atoms with E-state index >= 15 is 0 Å². The standard InChI is InChI=1S/C22H24F3N3O/c1-2-26-21(29)28-14-22(19-12-16(23)3-4-20(19)28)5-7-27(8-6-22)13-15-9-17(24)11-18(25)10-15/h3-4,9-12H,2,5-8,13-14H2,1H3,(H,26,29). The van der Waals surface area contributed by atoms with E-state index in [9.17, 15) is 18.0 Å². The average Bonchev–Trinajstić information content (AvgIpc) is 2.97. The minimum Gasteiger partial charge on any atom is -0.338 e. The molecule has 7 heteroatoms. The minimum absolute atomic E-state index is 0.171. The summed E-state index contributed by atoms with van der Waals surface area (Å²) in [7, 11) is 0. The van der Waals surface area contributed by atoms with E-state index in [0.29, 0.717) is 38.3 Å². The lowest BCUT2D eigenvalue weighted by molar-refractivity contribution is 0.159. The number of fused-ring (bicyclic) bond motifs is 2. The molecular weight excluding hydrogens is 379 g/mol. The Bertz CT molecular complexity index is 905. The molecule has 4 nitrogen and oxygen atoms in total. The zero-order valence-electron chi connectivity index (χ0n) is 16.4. The fourth-order valence-corrected chi connectivity index (χ4v) is 4.60. The third-order valence-electron chi connectivity index (χ3n) is 6.00. The molecule has 0 bridgehead atoms. The van der Waals surface area contributed by atoms with Gasteiger partial charge in [-0.3, -0.25) is 9.80 Å². The fourth-order valence-electron chi connectivity index (χ4n) is 4.60. The highest BCUT2D eigenvalue weighted by Crippen LogP contribution is 2.47. The Morgan fingerprint density at radius 2 is 1.72 bits per heavy atom. The number of nitrogens with zero attached hydrogens (tertiary/aromatic N) is 2. The van der Waals surface area contributed by atoms with Gasteiger partial charge >= 0.3 is 6.03 Å². The van der Waals surface area contributed by atoms with Crippen molar-refractivity contribution < 1.29 is 18.0 Å². The number of anilines is 1. The molecule has 0 aliphatic carbocycles. The Hall–Kier alpha value is -2.54. The van der Waals surface area contributed by atoms with Gasteiger partial charge in [0, 0.05) is 36.8 Å². The Morgan fingerprint density at radius 3 is 2.38 bits per heavy atom. The van der Waals surface area contributed by atoms with Crippen LogP contribution in [0.25, 0.3) is 0 Å². The van der Waals surface area contributed by atoms with Gasteiger partial charge in [0.1, 0.15) is 17.5 Å². The predicted octanol–water partition coefficient (Wildman–Crippen LogP) is 4.19. The topological polar surface area (TPSA) is 35.6 Å². The SMILES string of the molecule is CCNC(=O)N1CC2(CCN(Cc3cc(F)cc(F)c3)CC2)c2cc(F)ccc21. The number of rotatable bonds is 3. The molecule has 2 amide bonds. The molecule has 0 saturated carbocycles. The third-order valence-corrected chi connectivity index (χ3v) is 6.00. The van der Waals surface area contributed by atoms with Crippen molar-refractivity contribution in [3.8, 4) is 0 Å². The van der Waals surface area contributed by atoms with Crippen molar-refractivity contribution >= 4 is 11.7 Å². The largest absolute Gasteiger partial charge is 0.338 e. The quantitative estimate of drug-likeness (QED) is 0.834. The van der Waals surface area contributed by atoms with Crippen molar-refractivity contribution in [2.75, 3.05) is 31.1 Å². The van der Waals surface area contributed by atoms with Crippen LogP contribution in [0.2, 0.25) is 0 Å². The molecule has 4 rings (SSSR count). The monoisotopic (exact) mass is 403 g/mol. The molecule has 1 N–H and O–H groups in total. The van der Waals surface area contributed by atoms with E-state index < -0.39 is 11.6 Å². The average molecular weight is 403 g/mol. The molecule has 2 aromatic carbocycles. The Balaban J connectivity index is 1.52. The first-order valence-corrected chi connectivity index (χ1v) is 9.93. The van der Waals surface area contributed by atoms with Crippen LogP contribution >= 0.6 is 0 Å². The summed E-state index contributed by atoms with van der Waals surface area (Å²) >= 11 is 0. The van der Waals surface area contributed by atoms with Gasteiger partial charge in [-0.1, -0.05) is 0 Å². The molecule has 1 fully saturated rings. The molecule has 2 aliphatic heterocycles. The second-order valence-corrected chi connectivity index (χ2v) is 7.92. The lowest BCUT2D eigenvalue weighted by Gasteiger charge is -2.40. The van der Waals surface area contributed by atoms with E-state index in [0.717, 1.165) is 30.2 Å². The maximum absolute atomic E-state index is 14.0. The van der Waals surface area contributed by atoms with Gasteiger partial charge in [-0.2, -0.15) is 0 Å². The normalized spacial score (nSPS) is 18.1. The van der Waals surface area contributed by atoms with Crippen LogP contribution in [0.5, 0.6) is 0 Å². The zero-order chi connectivity index (χ0) is 20.6. The minimum atomic E-state index is -0.578. The molecule has 1 spiro atoms. The van der Waals surface area contributed by atoms with Crippen LogP contribution in [0.1, 0.15) is 30.9 Å². The maximum atomic E-state index is 14.0. The number of likely N-dealkylation sites (tertiary alicyclic amines) is 1. The number of halogens is 3. The van der Waals surface area contributed by atoms with Crippen LogP contribution in [-0.4, -0.2) is 37.1 Å². The van der Waals surface area contributed by atoms with E-state index in [2.05, 4.69) is 10.2 Å².